The Bertz CT molecular complexity index is 928. The van der Waals surface area contributed by atoms with Gasteiger partial charge in [-0.05, 0) is 63.9 Å². The maximum atomic E-state index is 12.3. The number of carbonyl (C=O) groups is 1. The zero-order valence-electron chi connectivity index (χ0n) is 16.1. The number of aromatic amines is 1. The molecule has 4 rings (SSSR count). The average molecular weight is 367 g/mol. The van der Waals surface area contributed by atoms with Gasteiger partial charge in [0, 0.05) is 24.0 Å². The highest BCUT2D eigenvalue weighted by Crippen LogP contribution is 2.25. The van der Waals surface area contributed by atoms with Crippen LogP contribution in [0.4, 0.5) is 0 Å². The number of piperidine rings is 1. The highest BCUT2D eigenvalue weighted by molar-refractivity contribution is 6.32. The van der Waals surface area contributed by atoms with E-state index in [4.69, 9.17) is 4.52 Å². The number of rotatable bonds is 4. The van der Waals surface area contributed by atoms with Crippen LogP contribution in [0.5, 0.6) is 0 Å². The lowest BCUT2D eigenvalue weighted by Gasteiger charge is -2.26. The van der Waals surface area contributed by atoms with Crippen molar-refractivity contribution in [3.05, 3.63) is 45.6 Å². The summed E-state index contributed by atoms with van der Waals surface area (Å²) in [5.41, 5.74) is 8.70. The number of aromatic nitrogens is 2. The van der Waals surface area contributed by atoms with Crippen molar-refractivity contribution in [1.29, 1.82) is 0 Å². The van der Waals surface area contributed by atoms with Gasteiger partial charge in [0.1, 0.15) is 17.2 Å². The first-order valence-corrected chi connectivity index (χ1v) is 9.47. The summed E-state index contributed by atoms with van der Waals surface area (Å²) in [5, 5.41) is 8.13. The van der Waals surface area contributed by atoms with Crippen LogP contribution in [0.25, 0.3) is 6.08 Å². The minimum atomic E-state index is -0.227. The molecule has 1 fully saturated rings. The maximum Gasteiger partial charge on any atom is 0.273 e. The molecule has 2 aromatic heterocycles. The van der Waals surface area contributed by atoms with Crippen molar-refractivity contribution in [3.8, 4) is 0 Å². The van der Waals surface area contributed by atoms with E-state index in [9.17, 15) is 4.79 Å². The summed E-state index contributed by atoms with van der Waals surface area (Å²) in [6.07, 6.45) is 5.75. The third kappa shape index (κ3) is 3.47. The molecule has 0 saturated carbocycles. The molecule has 0 aromatic carbocycles. The molecule has 27 heavy (non-hydrogen) atoms. The number of hydrazone groups is 1. The fourth-order valence-electron chi connectivity index (χ4n) is 3.82. The van der Waals surface area contributed by atoms with Gasteiger partial charge in [0.2, 0.25) is 0 Å². The zero-order chi connectivity index (χ0) is 19.0. The van der Waals surface area contributed by atoms with Gasteiger partial charge in [-0.2, -0.15) is 5.10 Å². The number of hydrogen-bond acceptors (Lipinski definition) is 5. The summed E-state index contributed by atoms with van der Waals surface area (Å²) in [6.45, 7) is 9.29. The minimum absolute atomic E-state index is 0.227. The van der Waals surface area contributed by atoms with Gasteiger partial charge in [0.25, 0.3) is 5.91 Å². The van der Waals surface area contributed by atoms with Gasteiger partial charge >= 0.3 is 0 Å². The number of carbonyl (C=O) groups excluding carboxylic acids is 1. The molecule has 2 aromatic rings. The summed E-state index contributed by atoms with van der Waals surface area (Å²) in [6, 6.07) is 1.78. The molecule has 7 heteroatoms. The minimum Gasteiger partial charge on any atom is -0.361 e. The van der Waals surface area contributed by atoms with E-state index >= 15 is 0 Å². The van der Waals surface area contributed by atoms with E-state index in [2.05, 4.69) is 39.4 Å². The molecule has 2 N–H and O–H groups in total. The van der Waals surface area contributed by atoms with Crippen molar-refractivity contribution in [3.63, 3.8) is 0 Å². The normalized spacial score (nSPS) is 19.6. The van der Waals surface area contributed by atoms with Crippen LogP contribution < -0.4 is 5.43 Å². The van der Waals surface area contributed by atoms with Gasteiger partial charge in [-0.15, -0.1) is 0 Å². The van der Waals surface area contributed by atoms with Crippen LogP contribution in [0.3, 0.4) is 0 Å². The topological polar surface area (TPSA) is 86.5 Å². The van der Waals surface area contributed by atoms with Crippen LogP contribution in [-0.4, -0.2) is 39.7 Å². The Balaban J connectivity index is 1.64. The van der Waals surface area contributed by atoms with Crippen molar-refractivity contribution < 1.29 is 9.32 Å². The van der Waals surface area contributed by atoms with Crippen LogP contribution in [-0.2, 0) is 11.3 Å². The molecule has 0 spiro atoms. The fourth-order valence-corrected chi connectivity index (χ4v) is 3.82. The highest BCUT2D eigenvalue weighted by Gasteiger charge is 2.27. The van der Waals surface area contributed by atoms with Crippen LogP contribution >= 0.6 is 0 Å². The Labute approximate surface area is 158 Å². The monoisotopic (exact) mass is 367 g/mol. The Kier molecular flexibility index (Phi) is 4.70. The van der Waals surface area contributed by atoms with E-state index in [0.717, 1.165) is 31.0 Å². The summed E-state index contributed by atoms with van der Waals surface area (Å²) in [4.78, 5) is 18.3. The quantitative estimate of drug-likeness (QED) is 0.814. The first-order valence-electron chi connectivity index (χ1n) is 9.47. The molecule has 0 radical (unpaired) electrons. The van der Waals surface area contributed by atoms with Gasteiger partial charge in [0.15, 0.2) is 0 Å². The fraction of sp³-hybridized carbons (Fsp3) is 0.450. The predicted molar refractivity (Wildman–Crippen MR) is 103 cm³/mol. The Hall–Kier alpha value is -2.67. The SMILES string of the molecule is Cc1cc(C2=NNC(=O)/C2=C/c2[nH]c(C)c(CN3CCCCC3)c2C)no1. The number of amides is 1. The second-order valence-electron chi connectivity index (χ2n) is 7.39. The van der Waals surface area contributed by atoms with Gasteiger partial charge in [0.05, 0.1) is 5.57 Å². The Morgan fingerprint density at radius 3 is 2.70 bits per heavy atom. The van der Waals surface area contributed by atoms with Gasteiger partial charge < -0.3 is 9.51 Å². The molecule has 4 heterocycles. The number of nitrogens with zero attached hydrogens (tertiary/aromatic N) is 3. The highest BCUT2D eigenvalue weighted by atomic mass is 16.5. The molecule has 1 amide bonds. The van der Waals surface area contributed by atoms with E-state index in [1.54, 1.807) is 6.07 Å². The Morgan fingerprint density at radius 2 is 2.00 bits per heavy atom. The first kappa shape index (κ1) is 17.7. The zero-order valence-corrected chi connectivity index (χ0v) is 16.1. The van der Waals surface area contributed by atoms with Crippen LogP contribution in [0, 0.1) is 20.8 Å². The van der Waals surface area contributed by atoms with Crippen LogP contribution in [0.1, 0.15) is 53.2 Å². The number of hydrogen-bond donors (Lipinski definition) is 2. The largest absolute Gasteiger partial charge is 0.361 e. The summed E-state index contributed by atoms with van der Waals surface area (Å²) >= 11 is 0. The molecule has 1 saturated heterocycles. The van der Waals surface area contributed by atoms with E-state index in [-0.39, 0.29) is 5.91 Å². The maximum absolute atomic E-state index is 12.3. The van der Waals surface area contributed by atoms with E-state index < -0.39 is 0 Å². The average Bonchev–Trinajstić information content (AvgIpc) is 3.31. The smallest absolute Gasteiger partial charge is 0.273 e. The number of H-pyrrole nitrogens is 1. The van der Waals surface area contributed by atoms with Crippen molar-refractivity contribution in [1.82, 2.24) is 20.5 Å². The molecule has 2 aliphatic rings. The predicted octanol–water partition coefficient (Wildman–Crippen LogP) is 2.83. The van der Waals surface area contributed by atoms with Gasteiger partial charge in [-0.3, -0.25) is 9.69 Å². The molecular formula is C20H25N5O2. The molecule has 0 unspecified atom stereocenters. The van der Waals surface area contributed by atoms with E-state index in [0.29, 0.717) is 22.7 Å². The summed E-state index contributed by atoms with van der Waals surface area (Å²) in [5.74, 6) is 0.456. The molecule has 0 atom stereocenters. The van der Waals surface area contributed by atoms with E-state index in [1.807, 2.05) is 13.0 Å². The number of aryl methyl sites for hydroxylation is 2. The number of nitrogens with one attached hydrogen (secondary N) is 2. The van der Waals surface area contributed by atoms with Crippen molar-refractivity contribution in [2.75, 3.05) is 13.1 Å². The first-order chi connectivity index (χ1) is 13.0. The lowest BCUT2D eigenvalue weighted by molar-refractivity contribution is -0.116. The second kappa shape index (κ2) is 7.15. The molecule has 0 bridgehead atoms. The third-order valence-corrected chi connectivity index (χ3v) is 5.39. The number of likely N-dealkylation sites (tertiary alicyclic amines) is 1. The molecule has 0 aliphatic carbocycles. The van der Waals surface area contributed by atoms with Gasteiger partial charge in [-0.1, -0.05) is 11.6 Å². The summed E-state index contributed by atoms with van der Waals surface area (Å²) < 4.78 is 5.13. The second-order valence-corrected chi connectivity index (χ2v) is 7.39. The molecular weight excluding hydrogens is 342 g/mol. The Morgan fingerprint density at radius 1 is 1.22 bits per heavy atom. The van der Waals surface area contributed by atoms with Crippen molar-refractivity contribution in [2.45, 2.75) is 46.6 Å². The third-order valence-electron chi connectivity index (χ3n) is 5.39. The standard InChI is InChI=1S/C20H25N5O2/c1-12-9-18(24-27-12)19-15(20(26)23-22-19)10-17-13(2)16(14(3)21-17)11-25-7-5-4-6-8-25/h9-10,21H,4-8,11H2,1-3H3,(H,23,26)/b15-10+. The molecule has 7 nitrogen and oxygen atoms in total. The van der Waals surface area contributed by atoms with Crippen molar-refractivity contribution in [2.24, 2.45) is 5.10 Å². The lowest BCUT2D eigenvalue weighted by Crippen LogP contribution is -2.29. The van der Waals surface area contributed by atoms with Crippen LogP contribution in [0.15, 0.2) is 21.3 Å². The van der Waals surface area contributed by atoms with Gasteiger partial charge in [-0.25, -0.2) is 5.43 Å². The molecule has 142 valence electrons. The summed E-state index contributed by atoms with van der Waals surface area (Å²) in [7, 11) is 0. The van der Waals surface area contributed by atoms with Crippen molar-refractivity contribution >= 4 is 17.7 Å². The lowest BCUT2D eigenvalue weighted by atomic mass is 10.0. The molecule has 2 aliphatic heterocycles. The van der Waals surface area contributed by atoms with Crippen LogP contribution in [0.2, 0.25) is 0 Å². The van der Waals surface area contributed by atoms with E-state index in [1.165, 1.54) is 30.4 Å².